The third-order valence-corrected chi connectivity index (χ3v) is 1.71. The Kier molecular flexibility index (Phi) is 4.03. The van der Waals surface area contributed by atoms with Gasteiger partial charge in [-0.15, -0.1) is 0 Å². The monoisotopic (exact) mass is 267 g/mol. The van der Waals surface area contributed by atoms with E-state index in [0.29, 0.717) is 0 Å². The van der Waals surface area contributed by atoms with E-state index in [4.69, 9.17) is 5.11 Å². The van der Waals surface area contributed by atoms with Crippen LogP contribution in [-0.4, -0.2) is 41.3 Å². The largest absolute Gasteiger partial charge is 0.478 e. The molecule has 0 saturated heterocycles. The summed E-state index contributed by atoms with van der Waals surface area (Å²) in [7, 11) is 0. The molecule has 0 saturated carbocycles. The number of carbonyl (C=O) groups is 2. The molecule has 0 rings (SSSR count). The average Bonchev–Trinajstić information content (AvgIpc) is 2.11. The van der Waals surface area contributed by atoms with Gasteiger partial charge in [0.1, 0.15) is 0 Å². The zero-order valence-electron chi connectivity index (χ0n) is 8.24. The van der Waals surface area contributed by atoms with Gasteiger partial charge in [-0.25, -0.2) is 9.18 Å². The molecule has 0 aromatic rings. The molecule has 4 nitrogen and oxygen atoms in total. The van der Waals surface area contributed by atoms with Gasteiger partial charge in [-0.2, -0.15) is 22.0 Å². The number of carboxylic acid groups (broad SMARTS) is 1. The highest BCUT2D eigenvalue weighted by Crippen LogP contribution is 2.34. The minimum Gasteiger partial charge on any atom is -0.478 e. The summed E-state index contributed by atoms with van der Waals surface area (Å²) in [4.78, 5) is 20.9. The van der Waals surface area contributed by atoms with Crippen LogP contribution in [0.15, 0.2) is 0 Å². The average molecular weight is 267 g/mol. The molecule has 0 radical (unpaired) electrons. The maximum Gasteiger partial charge on any atom is 0.455 e. The van der Waals surface area contributed by atoms with E-state index in [0.717, 1.165) is 5.32 Å². The quantitative estimate of drug-likeness (QED) is 0.592. The van der Waals surface area contributed by atoms with Gasteiger partial charge < -0.3 is 10.4 Å². The summed E-state index contributed by atoms with van der Waals surface area (Å²) in [6, 6.07) is 0. The molecule has 0 spiro atoms. The second-order valence-corrected chi connectivity index (χ2v) is 3.19. The minimum atomic E-state index is -5.92. The summed E-state index contributed by atoms with van der Waals surface area (Å²) in [5, 5.41) is 9.04. The van der Waals surface area contributed by atoms with Crippen molar-refractivity contribution in [3.8, 4) is 0 Å². The highest BCUT2D eigenvalue weighted by atomic mass is 19.4. The Labute approximate surface area is 90.6 Å². The van der Waals surface area contributed by atoms with E-state index >= 15 is 0 Å². The van der Waals surface area contributed by atoms with Gasteiger partial charge in [-0.1, -0.05) is 0 Å². The molecule has 0 heterocycles. The number of alkyl halides is 6. The van der Waals surface area contributed by atoms with Crippen molar-refractivity contribution < 1.29 is 41.0 Å². The van der Waals surface area contributed by atoms with Crippen LogP contribution < -0.4 is 5.32 Å². The molecule has 1 atom stereocenters. The minimum absolute atomic E-state index is 0.219. The summed E-state index contributed by atoms with van der Waals surface area (Å²) in [5.74, 6) is -9.66. The Hall–Kier alpha value is -1.48. The summed E-state index contributed by atoms with van der Waals surface area (Å²) >= 11 is 0. The summed E-state index contributed by atoms with van der Waals surface area (Å²) in [5.41, 5.74) is -3.58. The number of carbonyl (C=O) groups excluding carboxylic acids is 1. The number of rotatable bonds is 4. The molecule has 1 unspecified atom stereocenters. The molecule has 0 fully saturated rings. The molecule has 0 aromatic heterocycles. The van der Waals surface area contributed by atoms with Crippen molar-refractivity contribution in [3.63, 3.8) is 0 Å². The van der Waals surface area contributed by atoms with Gasteiger partial charge in [0.2, 0.25) is 0 Å². The summed E-state index contributed by atoms with van der Waals surface area (Å²) < 4.78 is 72.4. The second-order valence-electron chi connectivity index (χ2n) is 3.19. The van der Waals surface area contributed by atoms with Crippen LogP contribution in [0.3, 0.4) is 0 Å². The summed E-state index contributed by atoms with van der Waals surface area (Å²) in [6.07, 6.45) is -5.92. The molecule has 100 valence electrons. The van der Waals surface area contributed by atoms with Crippen molar-refractivity contribution in [2.45, 2.75) is 24.7 Å². The second kappa shape index (κ2) is 4.41. The van der Waals surface area contributed by atoms with Crippen LogP contribution in [0.25, 0.3) is 0 Å². The normalized spacial score (nSPS) is 16.2. The topological polar surface area (TPSA) is 66.4 Å². The van der Waals surface area contributed by atoms with Crippen molar-refractivity contribution in [1.82, 2.24) is 5.32 Å². The molecule has 17 heavy (non-hydrogen) atoms. The molecule has 10 heteroatoms. The zero-order valence-corrected chi connectivity index (χ0v) is 8.24. The van der Waals surface area contributed by atoms with E-state index in [1.165, 1.54) is 0 Å². The van der Waals surface area contributed by atoms with E-state index < -0.39 is 36.2 Å². The van der Waals surface area contributed by atoms with Gasteiger partial charge >= 0.3 is 18.1 Å². The standard InChI is InChI=1S/C7H7F6NO3/c1-5(8,4(16)17)3(15)14-2-6(9,10)7(11,12)13/h2H2,1H3,(H,14,15)(H,16,17). The van der Waals surface area contributed by atoms with Gasteiger partial charge in [0, 0.05) is 0 Å². The maximum absolute atomic E-state index is 12.9. The predicted octanol–water partition coefficient (Wildman–Crippen LogP) is 1.11. The van der Waals surface area contributed by atoms with Crippen LogP contribution in [0.4, 0.5) is 26.3 Å². The van der Waals surface area contributed by atoms with E-state index in [2.05, 4.69) is 0 Å². The van der Waals surface area contributed by atoms with Crippen LogP contribution in [0.2, 0.25) is 0 Å². The van der Waals surface area contributed by atoms with Gasteiger partial charge in [0.05, 0.1) is 6.54 Å². The van der Waals surface area contributed by atoms with E-state index in [-0.39, 0.29) is 6.92 Å². The van der Waals surface area contributed by atoms with E-state index in [1.54, 1.807) is 0 Å². The van der Waals surface area contributed by atoms with Crippen LogP contribution in [0, 0.1) is 0 Å². The SMILES string of the molecule is CC(F)(C(=O)O)C(=O)NCC(F)(F)C(F)(F)F. The number of carboxylic acids is 1. The van der Waals surface area contributed by atoms with E-state index in [9.17, 15) is 35.9 Å². The highest BCUT2D eigenvalue weighted by molar-refractivity contribution is 6.04. The maximum atomic E-state index is 12.9. The lowest BCUT2D eigenvalue weighted by atomic mass is 10.1. The third kappa shape index (κ3) is 3.49. The molecule has 0 aliphatic heterocycles. The Balaban J connectivity index is 4.61. The van der Waals surface area contributed by atoms with Crippen molar-refractivity contribution in [2.75, 3.05) is 6.54 Å². The van der Waals surface area contributed by atoms with Crippen molar-refractivity contribution in [1.29, 1.82) is 0 Å². The number of halogens is 6. The molecule has 0 aliphatic carbocycles. The van der Waals surface area contributed by atoms with Crippen molar-refractivity contribution in [3.05, 3.63) is 0 Å². The lowest BCUT2D eigenvalue weighted by Crippen LogP contribution is -2.53. The fourth-order valence-electron chi connectivity index (χ4n) is 0.555. The third-order valence-electron chi connectivity index (χ3n) is 1.71. The van der Waals surface area contributed by atoms with Gasteiger partial charge in [-0.3, -0.25) is 4.79 Å². The smallest absolute Gasteiger partial charge is 0.455 e. The molecular weight excluding hydrogens is 260 g/mol. The number of amides is 1. The first-order valence-corrected chi connectivity index (χ1v) is 3.97. The Morgan fingerprint density at radius 2 is 1.53 bits per heavy atom. The lowest BCUT2D eigenvalue weighted by molar-refractivity contribution is -0.278. The molecular formula is C7H7F6NO3. The fraction of sp³-hybridized carbons (Fsp3) is 0.714. The molecule has 0 aromatic carbocycles. The Bertz CT molecular complexity index is 324. The van der Waals surface area contributed by atoms with Crippen LogP contribution >= 0.6 is 0 Å². The first-order valence-electron chi connectivity index (χ1n) is 3.97. The van der Waals surface area contributed by atoms with Gasteiger partial charge in [0.15, 0.2) is 0 Å². The summed E-state index contributed by atoms with van der Waals surface area (Å²) in [6.45, 7) is -2.02. The molecule has 0 aliphatic rings. The molecule has 0 bridgehead atoms. The number of hydrogen-bond donors (Lipinski definition) is 2. The first kappa shape index (κ1) is 15.5. The number of aliphatic carboxylic acids is 1. The van der Waals surface area contributed by atoms with Crippen LogP contribution in [-0.2, 0) is 9.59 Å². The van der Waals surface area contributed by atoms with Gasteiger partial charge in [-0.05, 0) is 6.92 Å². The number of hydrogen-bond acceptors (Lipinski definition) is 2. The van der Waals surface area contributed by atoms with E-state index in [1.807, 2.05) is 0 Å². The predicted molar refractivity (Wildman–Crippen MR) is 41.2 cm³/mol. The van der Waals surface area contributed by atoms with Crippen molar-refractivity contribution >= 4 is 11.9 Å². The van der Waals surface area contributed by atoms with Crippen LogP contribution in [0.5, 0.6) is 0 Å². The van der Waals surface area contributed by atoms with Crippen molar-refractivity contribution in [2.24, 2.45) is 0 Å². The van der Waals surface area contributed by atoms with Gasteiger partial charge in [0.25, 0.3) is 11.6 Å². The lowest BCUT2D eigenvalue weighted by Gasteiger charge is -2.21. The highest BCUT2D eigenvalue weighted by Gasteiger charge is 2.58. The first-order chi connectivity index (χ1) is 7.32. The Morgan fingerprint density at radius 3 is 1.82 bits per heavy atom. The Morgan fingerprint density at radius 1 is 1.12 bits per heavy atom. The zero-order chi connectivity index (χ0) is 14.1. The molecule has 2 N–H and O–H groups in total. The number of nitrogens with one attached hydrogen (secondary N) is 1. The van der Waals surface area contributed by atoms with Crippen LogP contribution in [0.1, 0.15) is 6.92 Å². The molecule has 1 amide bonds. The fourth-order valence-corrected chi connectivity index (χ4v) is 0.555.